The van der Waals surface area contributed by atoms with Crippen LogP contribution in [0.5, 0.6) is 5.75 Å². The second-order valence-electron chi connectivity index (χ2n) is 4.18. The minimum absolute atomic E-state index is 0.0646. The second-order valence-corrected chi connectivity index (χ2v) is 5.16. The third kappa shape index (κ3) is 5.97. The van der Waals surface area contributed by atoms with Gasteiger partial charge >= 0.3 is 5.97 Å². The molecule has 1 aromatic carbocycles. The zero-order valence-electron chi connectivity index (χ0n) is 11.6. The van der Waals surface area contributed by atoms with Gasteiger partial charge in [0.15, 0.2) is 0 Å². The number of carboxylic acids is 1. The molecule has 0 saturated heterocycles. The first kappa shape index (κ1) is 16.4. The van der Waals surface area contributed by atoms with Gasteiger partial charge < -0.3 is 15.2 Å². The minimum Gasteiger partial charge on any atom is -0.494 e. The van der Waals surface area contributed by atoms with E-state index >= 15 is 0 Å². The van der Waals surface area contributed by atoms with Crippen molar-refractivity contribution < 1.29 is 19.4 Å². The third-order valence-electron chi connectivity index (χ3n) is 2.53. The van der Waals surface area contributed by atoms with Gasteiger partial charge in [0.2, 0.25) is 5.91 Å². The molecular weight excluding hydrogens is 278 g/mol. The Labute approximate surface area is 122 Å². The number of hydrogen-bond acceptors (Lipinski definition) is 4. The Morgan fingerprint density at radius 3 is 2.50 bits per heavy atom. The number of aliphatic carboxylic acids is 1. The SMILES string of the molecule is CCOc1ccc(C(C)NC(=O)CSCC(=O)O)cc1. The van der Waals surface area contributed by atoms with Gasteiger partial charge in [0.05, 0.1) is 24.2 Å². The molecule has 0 heterocycles. The molecule has 0 saturated carbocycles. The Morgan fingerprint density at radius 2 is 1.95 bits per heavy atom. The summed E-state index contributed by atoms with van der Waals surface area (Å²) in [4.78, 5) is 22.0. The topological polar surface area (TPSA) is 75.6 Å². The van der Waals surface area contributed by atoms with Gasteiger partial charge in [-0.1, -0.05) is 12.1 Å². The summed E-state index contributed by atoms with van der Waals surface area (Å²) in [7, 11) is 0. The lowest BCUT2D eigenvalue weighted by Gasteiger charge is -2.14. The van der Waals surface area contributed by atoms with E-state index in [4.69, 9.17) is 9.84 Å². The van der Waals surface area contributed by atoms with Gasteiger partial charge in [-0.05, 0) is 31.5 Å². The van der Waals surface area contributed by atoms with Crippen molar-refractivity contribution in [2.45, 2.75) is 19.9 Å². The fourth-order valence-electron chi connectivity index (χ4n) is 1.62. The van der Waals surface area contributed by atoms with E-state index in [1.807, 2.05) is 38.1 Å². The van der Waals surface area contributed by atoms with Gasteiger partial charge in [-0.15, -0.1) is 11.8 Å². The van der Waals surface area contributed by atoms with Gasteiger partial charge in [0.1, 0.15) is 5.75 Å². The zero-order valence-corrected chi connectivity index (χ0v) is 12.4. The van der Waals surface area contributed by atoms with Crippen LogP contribution in [0, 0.1) is 0 Å². The van der Waals surface area contributed by atoms with Crippen LogP contribution in [0.4, 0.5) is 0 Å². The molecule has 0 spiro atoms. The normalized spacial score (nSPS) is 11.7. The highest BCUT2D eigenvalue weighted by Gasteiger charge is 2.10. The maximum atomic E-state index is 11.6. The number of carbonyl (C=O) groups is 2. The number of carbonyl (C=O) groups excluding carboxylic acids is 1. The van der Waals surface area contributed by atoms with Crippen LogP contribution in [0.15, 0.2) is 24.3 Å². The molecule has 1 atom stereocenters. The molecular formula is C14H19NO4S. The molecule has 0 fully saturated rings. The molecule has 1 unspecified atom stereocenters. The zero-order chi connectivity index (χ0) is 15.0. The summed E-state index contributed by atoms with van der Waals surface area (Å²) in [5.74, 6) is -0.204. The summed E-state index contributed by atoms with van der Waals surface area (Å²) in [5, 5.41) is 11.3. The van der Waals surface area contributed by atoms with Crippen LogP contribution in [0.2, 0.25) is 0 Å². The number of thioether (sulfide) groups is 1. The van der Waals surface area contributed by atoms with Crippen molar-refractivity contribution in [3.63, 3.8) is 0 Å². The Morgan fingerprint density at radius 1 is 1.30 bits per heavy atom. The Hall–Kier alpha value is -1.69. The van der Waals surface area contributed by atoms with Crippen LogP contribution in [-0.2, 0) is 9.59 Å². The number of carboxylic acid groups (broad SMARTS) is 1. The molecule has 0 aliphatic carbocycles. The molecule has 2 N–H and O–H groups in total. The molecule has 0 bridgehead atoms. The molecule has 0 aliphatic rings. The van der Waals surface area contributed by atoms with Crippen LogP contribution in [-0.4, -0.2) is 35.1 Å². The standard InChI is InChI=1S/C14H19NO4S/c1-3-19-12-6-4-11(5-7-12)10(2)15-13(16)8-20-9-14(17)18/h4-7,10H,3,8-9H2,1-2H3,(H,15,16)(H,17,18). The predicted octanol–water partition coefficient (Wildman–Crippen LogP) is 2.08. The van der Waals surface area contributed by atoms with Crippen molar-refractivity contribution in [2.24, 2.45) is 0 Å². The minimum atomic E-state index is -0.914. The maximum absolute atomic E-state index is 11.6. The fraction of sp³-hybridized carbons (Fsp3) is 0.429. The predicted molar refractivity (Wildman–Crippen MR) is 79.1 cm³/mol. The molecule has 20 heavy (non-hydrogen) atoms. The van der Waals surface area contributed by atoms with E-state index in [9.17, 15) is 9.59 Å². The number of ether oxygens (including phenoxy) is 1. The lowest BCUT2D eigenvalue weighted by molar-refractivity contribution is -0.133. The van der Waals surface area contributed by atoms with Crippen LogP contribution >= 0.6 is 11.8 Å². The molecule has 1 amide bonds. The van der Waals surface area contributed by atoms with Crippen molar-refractivity contribution in [2.75, 3.05) is 18.1 Å². The van der Waals surface area contributed by atoms with Gasteiger partial charge in [-0.2, -0.15) is 0 Å². The van der Waals surface area contributed by atoms with Crippen molar-refractivity contribution in [1.82, 2.24) is 5.32 Å². The summed E-state index contributed by atoms with van der Waals surface area (Å²) in [5.41, 5.74) is 0.977. The quantitative estimate of drug-likeness (QED) is 0.768. The molecule has 0 aromatic heterocycles. The first-order valence-electron chi connectivity index (χ1n) is 6.34. The largest absolute Gasteiger partial charge is 0.494 e. The average molecular weight is 297 g/mol. The number of nitrogens with one attached hydrogen (secondary N) is 1. The third-order valence-corrected chi connectivity index (χ3v) is 3.44. The molecule has 1 aromatic rings. The van der Waals surface area contributed by atoms with E-state index in [-0.39, 0.29) is 23.5 Å². The first-order chi connectivity index (χ1) is 9.52. The summed E-state index contributed by atoms with van der Waals surface area (Å²) < 4.78 is 5.35. The van der Waals surface area contributed by atoms with Gasteiger partial charge in [-0.25, -0.2) is 0 Å². The van der Waals surface area contributed by atoms with Crippen LogP contribution in [0.3, 0.4) is 0 Å². The molecule has 6 heteroatoms. The van der Waals surface area contributed by atoms with Gasteiger partial charge in [0, 0.05) is 0 Å². The fourth-order valence-corrected chi connectivity index (χ4v) is 2.16. The first-order valence-corrected chi connectivity index (χ1v) is 7.50. The van der Waals surface area contributed by atoms with E-state index in [0.29, 0.717) is 6.61 Å². The Balaban J connectivity index is 2.42. The van der Waals surface area contributed by atoms with E-state index in [1.165, 1.54) is 0 Å². The lowest BCUT2D eigenvalue weighted by Crippen LogP contribution is -2.28. The number of hydrogen-bond donors (Lipinski definition) is 2. The van der Waals surface area contributed by atoms with Crippen molar-refractivity contribution in [3.05, 3.63) is 29.8 Å². The lowest BCUT2D eigenvalue weighted by atomic mass is 10.1. The van der Waals surface area contributed by atoms with Gasteiger partial charge in [-0.3, -0.25) is 9.59 Å². The summed E-state index contributed by atoms with van der Waals surface area (Å²) in [6, 6.07) is 7.41. The highest BCUT2D eigenvalue weighted by atomic mass is 32.2. The highest BCUT2D eigenvalue weighted by molar-refractivity contribution is 8.00. The number of amides is 1. The summed E-state index contributed by atoms with van der Waals surface area (Å²) >= 11 is 1.08. The molecule has 1 rings (SSSR count). The van der Waals surface area contributed by atoms with E-state index < -0.39 is 5.97 Å². The number of rotatable bonds is 8. The number of benzene rings is 1. The molecule has 110 valence electrons. The maximum Gasteiger partial charge on any atom is 0.313 e. The van der Waals surface area contributed by atoms with E-state index in [2.05, 4.69) is 5.32 Å². The second kappa shape index (κ2) is 8.47. The molecule has 0 aliphatic heterocycles. The van der Waals surface area contributed by atoms with Crippen LogP contribution < -0.4 is 10.1 Å². The van der Waals surface area contributed by atoms with E-state index in [0.717, 1.165) is 23.1 Å². The molecule has 5 nitrogen and oxygen atoms in total. The van der Waals surface area contributed by atoms with E-state index in [1.54, 1.807) is 0 Å². The van der Waals surface area contributed by atoms with Gasteiger partial charge in [0.25, 0.3) is 0 Å². The van der Waals surface area contributed by atoms with Crippen molar-refractivity contribution in [3.8, 4) is 5.75 Å². The monoisotopic (exact) mass is 297 g/mol. The summed E-state index contributed by atoms with van der Waals surface area (Å²) in [6.07, 6.45) is 0. The highest BCUT2D eigenvalue weighted by Crippen LogP contribution is 2.17. The average Bonchev–Trinajstić information content (AvgIpc) is 2.39. The van der Waals surface area contributed by atoms with Crippen molar-refractivity contribution >= 4 is 23.6 Å². The summed E-state index contributed by atoms with van der Waals surface area (Å²) in [6.45, 7) is 4.42. The Kier molecular flexibility index (Phi) is 6.93. The van der Waals surface area contributed by atoms with Crippen LogP contribution in [0.1, 0.15) is 25.5 Å². The molecule has 0 radical (unpaired) electrons. The van der Waals surface area contributed by atoms with Crippen LogP contribution in [0.25, 0.3) is 0 Å². The Bertz CT molecular complexity index is 447. The van der Waals surface area contributed by atoms with Crippen molar-refractivity contribution in [1.29, 1.82) is 0 Å². The smallest absolute Gasteiger partial charge is 0.313 e.